The summed E-state index contributed by atoms with van der Waals surface area (Å²) in [5, 5.41) is 9.11. The van der Waals surface area contributed by atoms with Gasteiger partial charge < -0.3 is 5.73 Å². The van der Waals surface area contributed by atoms with E-state index in [0.717, 1.165) is 6.42 Å². The quantitative estimate of drug-likeness (QED) is 0.561. The van der Waals surface area contributed by atoms with Gasteiger partial charge in [-0.3, -0.25) is 0 Å². The zero-order valence-corrected chi connectivity index (χ0v) is 12.0. The van der Waals surface area contributed by atoms with Crippen LogP contribution in [0.2, 0.25) is 0 Å². The molecule has 18 heavy (non-hydrogen) atoms. The number of rotatable bonds is 6. The van der Waals surface area contributed by atoms with Crippen LogP contribution in [0.5, 0.6) is 0 Å². The first-order valence-corrected chi connectivity index (χ1v) is 6.33. The molecule has 2 heteroatoms. The maximum Gasteiger partial charge on any atom is 0.0991 e. The maximum absolute atomic E-state index is 9.11. The minimum atomic E-state index is 0.364. The Morgan fingerprint density at radius 3 is 2.44 bits per heavy atom. The highest BCUT2D eigenvalue weighted by Crippen LogP contribution is 2.21. The number of nitrogens with zero attached hydrogens (tertiary/aromatic N) is 1. The van der Waals surface area contributed by atoms with Gasteiger partial charge in [0.25, 0.3) is 0 Å². The predicted octanol–water partition coefficient (Wildman–Crippen LogP) is 4.24. The first-order chi connectivity index (χ1) is 8.42. The fourth-order valence-corrected chi connectivity index (χ4v) is 1.76. The Morgan fingerprint density at radius 1 is 1.44 bits per heavy atom. The first kappa shape index (κ1) is 16.2. The van der Waals surface area contributed by atoms with Crippen molar-refractivity contribution < 1.29 is 0 Å². The molecule has 0 aliphatic rings. The molecule has 0 aliphatic heterocycles. The highest BCUT2D eigenvalue weighted by atomic mass is 14.6. The van der Waals surface area contributed by atoms with E-state index in [-0.39, 0.29) is 0 Å². The Hall–Kier alpha value is -1.75. The Bertz CT molecular complexity index is 415. The third kappa shape index (κ3) is 6.10. The Labute approximate surface area is 111 Å². The molecule has 0 unspecified atom stereocenters. The molecule has 0 saturated carbocycles. The lowest BCUT2D eigenvalue weighted by Gasteiger charge is -2.12. The molecule has 0 radical (unpaired) electrons. The average molecular weight is 244 g/mol. The standard InChI is InChI=1S/C16H24N2/c1-6-7-8-15(11-17)10-16(12(2)3)13(4)9-14(5)18/h7-8,10,12H,5-6,9,18H2,1-4H3/b8-7+,15-10+,16-13-. The van der Waals surface area contributed by atoms with E-state index in [1.807, 2.05) is 32.1 Å². The molecular weight excluding hydrogens is 220 g/mol. The van der Waals surface area contributed by atoms with Crippen LogP contribution < -0.4 is 5.73 Å². The van der Waals surface area contributed by atoms with Crippen molar-refractivity contribution in [2.24, 2.45) is 11.7 Å². The molecule has 0 aromatic carbocycles. The third-order valence-corrected chi connectivity index (χ3v) is 2.58. The second kappa shape index (κ2) is 8.36. The predicted molar refractivity (Wildman–Crippen MR) is 78.6 cm³/mol. The molecule has 0 bridgehead atoms. The summed E-state index contributed by atoms with van der Waals surface area (Å²) in [6.07, 6.45) is 7.42. The number of nitrogens with two attached hydrogens (primary N) is 1. The first-order valence-electron chi connectivity index (χ1n) is 6.33. The topological polar surface area (TPSA) is 49.8 Å². The van der Waals surface area contributed by atoms with E-state index in [2.05, 4.69) is 26.5 Å². The van der Waals surface area contributed by atoms with Crippen LogP contribution in [0.4, 0.5) is 0 Å². The molecule has 0 aromatic rings. The van der Waals surface area contributed by atoms with Crippen LogP contribution in [0.3, 0.4) is 0 Å². The van der Waals surface area contributed by atoms with Gasteiger partial charge in [-0.15, -0.1) is 0 Å². The molecule has 0 aliphatic carbocycles. The van der Waals surface area contributed by atoms with Gasteiger partial charge in [0.2, 0.25) is 0 Å². The van der Waals surface area contributed by atoms with E-state index in [4.69, 9.17) is 11.0 Å². The fourth-order valence-electron chi connectivity index (χ4n) is 1.76. The van der Waals surface area contributed by atoms with E-state index in [9.17, 15) is 0 Å². The number of hydrogen-bond acceptors (Lipinski definition) is 2. The van der Waals surface area contributed by atoms with E-state index >= 15 is 0 Å². The van der Waals surface area contributed by atoms with Gasteiger partial charge in [0.15, 0.2) is 0 Å². The van der Waals surface area contributed by atoms with Crippen molar-refractivity contribution in [2.75, 3.05) is 0 Å². The van der Waals surface area contributed by atoms with Crippen molar-refractivity contribution in [2.45, 2.75) is 40.5 Å². The van der Waals surface area contributed by atoms with Crippen molar-refractivity contribution in [3.05, 3.63) is 47.2 Å². The van der Waals surface area contributed by atoms with Gasteiger partial charge in [-0.1, -0.05) is 39.0 Å². The largest absolute Gasteiger partial charge is 0.402 e. The molecule has 0 saturated heterocycles. The lowest BCUT2D eigenvalue weighted by Crippen LogP contribution is -2.01. The smallest absolute Gasteiger partial charge is 0.0991 e. The van der Waals surface area contributed by atoms with E-state index < -0.39 is 0 Å². The van der Waals surface area contributed by atoms with Crippen molar-refractivity contribution in [3.8, 4) is 6.07 Å². The van der Waals surface area contributed by atoms with E-state index in [1.54, 1.807) is 0 Å². The van der Waals surface area contributed by atoms with Crippen LogP contribution in [-0.2, 0) is 0 Å². The Morgan fingerprint density at radius 2 is 2.06 bits per heavy atom. The second-order valence-corrected chi connectivity index (χ2v) is 4.75. The molecule has 2 N–H and O–H groups in total. The average Bonchev–Trinajstić information content (AvgIpc) is 2.27. The molecule has 0 amide bonds. The Balaban J connectivity index is 5.37. The molecule has 98 valence electrons. The molecule has 0 spiro atoms. The summed E-state index contributed by atoms with van der Waals surface area (Å²) in [4.78, 5) is 0. The van der Waals surface area contributed by atoms with Crippen LogP contribution in [-0.4, -0.2) is 0 Å². The van der Waals surface area contributed by atoms with Gasteiger partial charge in [-0.05, 0) is 37.0 Å². The van der Waals surface area contributed by atoms with Gasteiger partial charge in [0, 0.05) is 12.1 Å². The summed E-state index contributed by atoms with van der Waals surface area (Å²) < 4.78 is 0. The number of hydrogen-bond donors (Lipinski definition) is 1. The van der Waals surface area contributed by atoms with Gasteiger partial charge in [0.05, 0.1) is 11.6 Å². The van der Waals surface area contributed by atoms with Gasteiger partial charge in [0.1, 0.15) is 0 Å². The number of nitriles is 1. The summed E-state index contributed by atoms with van der Waals surface area (Å²) in [6.45, 7) is 12.1. The van der Waals surface area contributed by atoms with Crippen LogP contribution >= 0.6 is 0 Å². The van der Waals surface area contributed by atoms with Crippen LogP contribution in [0.15, 0.2) is 47.2 Å². The van der Waals surface area contributed by atoms with Crippen molar-refractivity contribution in [3.63, 3.8) is 0 Å². The monoisotopic (exact) mass is 244 g/mol. The lowest BCUT2D eigenvalue weighted by molar-refractivity contribution is 0.771. The van der Waals surface area contributed by atoms with E-state index in [1.165, 1.54) is 11.1 Å². The summed E-state index contributed by atoms with van der Waals surface area (Å²) in [7, 11) is 0. The summed E-state index contributed by atoms with van der Waals surface area (Å²) >= 11 is 0. The van der Waals surface area contributed by atoms with Gasteiger partial charge in [-0.2, -0.15) is 5.26 Å². The summed E-state index contributed by atoms with van der Waals surface area (Å²) in [5.74, 6) is 0.364. The normalized spacial score (nSPS) is 13.7. The maximum atomic E-state index is 9.11. The van der Waals surface area contributed by atoms with Crippen LogP contribution in [0, 0.1) is 17.2 Å². The molecule has 0 aromatic heterocycles. The lowest BCUT2D eigenvalue weighted by atomic mass is 9.93. The summed E-state index contributed by atoms with van der Waals surface area (Å²) in [5.41, 5.74) is 9.33. The SMILES string of the molecule is C=C(N)C/C(C)=C(/C=C(C#N)\C=C\CC)C(C)C. The molecule has 0 atom stereocenters. The van der Waals surface area contributed by atoms with Crippen LogP contribution in [0.1, 0.15) is 40.5 Å². The molecule has 0 rings (SSSR count). The van der Waals surface area contributed by atoms with Crippen molar-refractivity contribution >= 4 is 0 Å². The highest BCUT2D eigenvalue weighted by Gasteiger charge is 2.06. The van der Waals surface area contributed by atoms with E-state index in [0.29, 0.717) is 23.6 Å². The molecule has 2 nitrogen and oxygen atoms in total. The zero-order chi connectivity index (χ0) is 14.1. The highest BCUT2D eigenvalue weighted by molar-refractivity contribution is 5.42. The van der Waals surface area contributed by atoms with Crippen molar-refractivity contribution in [1.82, 2.24) is 0 Å². The number of allylic oxidation sites excluding steroid dienone is 6. The molecular formula is C16H24N2. The van der Waals surface area contributed by atoms with Gasteiger partial charge in [-0.25, -0.2) is 0 Å². The molecule has 0 fully saturated rings. The second-order valence-electron chi connectivity index (χ2n) is 4.75. The minimum Gasteiger partial charge on any atom is -0.402 e. The van der Waals surface area contributed by atoms with Crippen molar-refractivity contribution in [1.29, 1.82) is 5.26 Å². The van der Waals surface area contributed by atoms with Crippen LogP contribution in [0.25, 0.3) is 0 Å². The third-order valence-electron chi connectivity index (χ3n) is 2.58. The fraction of sp³-hybridized carbons (Fsp3) is 0.438. The zero-order valence-electron chi connectivity index (χ0n) is 12.0. The Kier molecular flexibility index (Phi) is 7.54. The molecule has 0 heterocycles. The van der Waals surface area contributed by atoms with Gasteiger partial charge >= 0.3 is 0 Å². The minimum absolute atomic E-state index is 0.364. The summed E-state index contributed by atoms with van der Waals surface area (Å²) in [6, 6.07) is 2.22.